The van der Waals surface area contributed by atoms with E-state index in [9.17, 15) is 16.8 Å². The summed E-state index contributed by atoms with van der Waals surface area (Å²) in [5, 5.41) is 6.88. The minimum absolute atomic E-state index is 0.00760. The second-order valence-electron chi connectivity index (χ2n) is 6.55. The summed E-state index contributed by atoms with van der Waals surface area (Å²) >= 11 is 6.34. The summed E-state index contributed by atoms with van der Waals surface area (Å²) in [5.41, 5.74) is 8.07. The summed E-state index contributed by atoms with van der Waals surface area (Å²) in [6.07, 6.45) is 0. The zero-order valence-electron chi connectivity index (χ0n) is 14.4. The number of aromatic amines is 1. The SMILES string of the molecule is Nc1n[nH]c2ccc(-c3ccc(S(=O)(=O)N4CC(C[SH](=O)=O)C4)cc3Cl)nc12. The molecule has 0 bridgehead atoms. The Labute approximate surface area is 167 Å². The number of aromatic nitrogens is 3. The molecule has 1 aromatic carbocycles. The van der Waals surface area contributed by atoms with Crippen LogP contribution in [0.15, 0.2) is 35.2 Å². The number of nitrogens with one attached hydrogen (secondary N) is 1. The second kappa shape index (κ2) is 6.99. The number of fused-ring (bicyclic) bond motifs is 1. The van der Waals surface area contributed by atoms with Gasteiger partial charge in [-0.15, -0.1) is 0 Å². The fourth-order valence-electron chi connectivity index (χ4n) is 3.13. The molecule has 0 radical (unpaired) electrons. The normalized spacial score (nSPS) is 15.9. The van der Waals surface area contributed by atoms with E-state index in [1.54, 1.807) is 18.2 Å². The maximum Gasteiger partial charge on any atom is 0.243 e. The zero-order chi connectivity index (χ0) is 20.1. The van der Waals surface area contributed by atoms with Crippen LogP contribution < -0.4 is 5.73 Å². The highest BCUT2D eigenvalue weighted by atomic mass is 35.5. The van der Waals surface area contributed by atoms with Crippen molar-refractivity contribution in [2.75, 3.05) is 24.6 Å². The van der Waals surface area contributed by atoms with E-state index in [1.807, 2.05) is 0 Å². The predicted octanol–water partition coefficient (Wildman–Crippen LogP) is 1.09. The highest BCUT2D eigenvalue weighted by Crippen LogP contribution is 2.33. The van der Waals surface area contributed by atoms with Gasteiger partial charge in [0, 0.05) is 24.6 Å². The summed E-state index contributed by atoms with van der Waals surface area (Å²) in [6.45, 7) is 0.367. The smallest absolute Gasteiger partial charge is 0.243 e. The van der Waals surface area contributed by atoms with Crippen LogP contribution in [0.2, 0.25) is 5.02 Å². The van der Waals surface area contributed by atoms with Gasteiger partial charge in [0.25, 0.3) is 0 Å². The number of benzene rings is 1. The van der Waals surface area contributed by atoms with Crippen molar-refractivity contribution < 1.29 is 16.8 Å². The number of nitrogens with zero attached hydrogens (tertiary/aromatic N) is 3. The number of thiol groups is 1. The molecule has 0 atom stereocenters. The van der Waals surface area contributed by atoms with Gasteiger partial charge >= 0.3 is 0 Å². The van der Waals surface area contributed by atoms with Gasteiger partial charge in [0.05, 0.1) is 26.9 Å². The molecule has 0 unspecified atom stereocenters. The Bertz CT molecular complexity index is 1240. The van der Waals surface area contributed by atoms with E-state index in [0.717, 1.165) is 0 Å². The number of pyridine rings is 1. The van der Waals surface area contributed by atoms with Crippen molar-refractivity contribution in [3.05, 3.63) is 35.4 Å². The highest BCUT2D eigenvalue weighted by Gasteiger charge is 2.37. The first-order valence-electron chi connectivity index (χ1n) is 8.28. The minimum atomic E-state index is -3.73. The van der Waals surface area contributed by atoms with Crippen LogP contribution in [0.3, 0.4) is 0 Å². The lowest BCUT2D eigenvalue weighted by molar-refractivity contribution is 0.221. The number of hydrogen-bond acceptors (Lipinski definition) is 7. The molecule has 1 fully saturated rings. The summed E-state index contributed by atoms with van der Waals surface area (Å²) in [7, 11) is -6.24. The van der Waals surface area contributed by atoms with E-state index < -0.39 is 20.7 Å². The molecule has 3 heterocycles. The van der Waals surface area contributed by atoms with E-state index in [4.69, 9.17) is 17.3 Å². The summed E-state index contributed by atoms with van der Waals surface area (Å²) < 4.78 is 48.2. The van der Waals surface area contributed by atoms with Crippen molar-refractivity contribution >= 4 is 49.2 Å². The summed E-state index contributed by atoms with van der Waals surface area (Å²) in [6, 6.07) is 7.93. The molecule has 0 amide bonds. The van der Waals surface area contributed by atoms with E-state index >= 15 is 0 Å². The third-order valence-electron chi connectivity index (χ3n) is 4.62. The van der Waals surface area contributed by atoms with Crippen LogP contribution in [0.1, 0.15) is 0 Å². The average molecular weight is 442 g/mol. The lowest BCUT2D eigenvalue weighted by Gasteiger charge is -2.37. The van der Waals surface area contributed by atoms with Crippen LogP contribution in [-0.2, 0) is 20.7 Å². The fourth-order valence-corrected chi connectivity index (χ4v) is 5.74. The largest absolute Gasteiger partial charge is 0.380 e. The Morgan fingerprint density at radius 1 is 1.25 bits per heavy atom. The molecule has 9 nitrogen and oxygen atoms in total. The number of nitrogen functional groups attached to an aromatic ring is 1. The first-order valence-corrected chi connectivity index (χ1v) is 11.5. The maximum atomic E-state index is 12.7. The monoisotopic (exact) mass is 441 g/mol. The van der Waals surface area contributed by atoms with Crippen LogP contribution >= 0.6 is 11.6 Å². The van der Waals surface area contributed by atoms with Crippen molar-refractivity contribution in [3.63, 3.8) is 0 Å². The van der Waals surface area contributed by atoms with Gasteiger partial charge in [-0.2, -0.15) is 9.40 Å². The van der Waals surface area contributed by atoms with Crippen LogP contribution in [-0.4, -0.2) is 55.2 Å². The fraction of sp³-hybridized carbons (Fsp3) is 0.250. The number of rotatable bonds is 5. The lowest BCUT2D eigenvalue weighted by atomic mass is 10.1. The number of halogens is 1. The highest BCUT2D eigenvalue weighted by molar-refractivity contribution is 7.89. The van der Waals surface area contributed by atoms with Gasteiger partial charge in [-0.05, 0) is 30.3 Å². The van der Waals surface area contributed by atoms with E-state index in [0.29, 0.717) is 22.3 Å². The number of nitrogens with two attached hydrogens (primary N) is 1. The first kappa shape index (κ1) is 19.1. The molecular formula is C16H16ClN5O4S2. The lowest BCUT2D eigenvalue weighted by Crippen LogP contribution is -2.51. The van der Waals surface area contributed by atoms with Gasteiger partial charge < -0.3 is 5.73 Å². The van der Waals surface area contributed by atoms with Crippen LogP contribution in [0.25, 0.3) is 22.3 Å². The molecule has 28 heavy (non-hydrogen) atoms. The van der Waals surface area contributed by atoms with Crippen LogP contribution in [0, 0.1) is 5.92 Å². The van der Waals surface area contributed by atoms with Gasteiger partial charge in [-0.1, -0.05) is 11.6 Å². The number of H-pyrrole nitrogens is 1. The second-order valence-corrected chi connectivity index (χ2v) is 9.92. The van der Waals surface area contributed by atoms with Gasteiger partial charge in [-0.25, -0.2) is 21.8 Å². The van der Waals surface area contributed by atoms with Gasteiger partial charge in [0.1, 0.15) is 16.2 Å². The molecule has 1 aliphatic heterocycles. The van der Waals surface area contributed by atoms with Gasteiger partial charge in [0.2, 0.25) is 10.0 Å². The van der Waals surface area contributed by atoms with Crippen molar-refractivity contribution in [1.82, 2.24) is 19.5 Å². The molecule has 0 aliphatic carbocycles. The molecular weight excluding hydrogens is 426 g/mol. The molecule has 3 N–H and O–H groups in total. The molecule has 3 aromatic rings. The Morgan fingerprint density at radius 2 is 2.00 bits per heavy atom. The summed E-state index contributed by atoms with van der Waals surface area (Å²) in [5.74, 6) is 0.0908. The maximum absolute atomic E-state index is 12.7. The minimum Gasteiger partial charge on any atom is -0.380 e. The van der Waals surface area contributed by atoms with Crippen molar-refractivity contribution in [3.8, 4) is 11.3 Å². The molecule has 148 valence electrons. The Balaban J connectivity index is 1.61. The zero-order valence-corrected chi connectivity index (χ0v) is 16.8. The first-order chi connectivity index (χ1) is 13.3. The third kappa shape index (κ3) is 3.34. The number of sulfonamides is 1. The number of anilines is 1. The molecule has 4 rings (SSSR count). The van der Waals surface area contributed by atoms with Crippen molar-refractivity contribution in [2.24, 2.45) is 5.92 Å². The molecule has 0 spiro atoms. The average Bonchev–Trinajstić information content (AvgIpc) is 2.98. The Kier molecular flexibility index (Phi) is 4.78. The van der Waals surface area contributed by atoms with E-state index in [1.165, 1.54) is 16.4 Å². The topological polar surface area (TPSA) is 139 Å². The Morgan fingerprint density at radius 3 is 2.68 bits per heavy atom. The van der Waals surface area contributed by atoms with Gasteiger partial charge in [-0.3, -0.25) is 5.10 Å². The molecule has 2 aromatic heterocycles. The summed E-state index contributed by atoms with van der Waals surface area (Å²) in [4.78, 5) is 4.49. The predicted molar refractivity (Wildman–Crippen MR) is 106 cm³/mol. The van der Waals surface area contributed by atoms with Gasteiger partial charge in [0.15, 0.2) is 5.82 Å². The quantitative estimate of drug-likeness (QED) is 0.503. The molecule has 1 saturated heterocycles. The van der Waals surface area contributed by atoms with Crippen LogP contribution in [0.4, 0.5) is 5.82 Å². The van der Waals surface area contributed by atoms with Crippen LogP contribution in [0.5, 0.6) is 0 Å². The van der Waals surface area contributed by atoms with E-state index in [2.05, 4.69) is 15.2 Å². The molecule has 1 aliphatic rings. The third-order valence-corrected chi connectivity index (χ3v) is 7.57. The number of hydrogen-bond donors (Lipinski definition) is 3. The molecule has 0 saturated carbocycles. The standard InChI is InChI=1S/C16H16ClN5O4S2/c17-12-5-10(28(25,26)22-6-9(7-22)8-27(23)24)1-2-11(12)13-3-4-14-15(19-13)16(18)21-20-14/h1-5,9,27H,6-8H2,(H3,18,20,21). The van der Waals surface area contributed by atoms with Crippen molar-refractivity contribution in [1.29, 1.82) is 0 Å². The van der Waals surface area contributed by atoms with E-state index in [-0.39, 0.29) is 40.5 Å². The Hall–Kier alpha value is -2.21. The molecule has 12 heteroatoms. The van der Waals surface area contributed by atoms with Crippen molar-refractivity contribution in [2.45, 2.75) is 4.90 Å².